The predicted molar refractivity (Wildman–Crippen MR) is 196 cm³/mol. The Morgan fingerprint density at radius 2 is 1.43 bits per heavy atom. The number of hydrogen-bond donors (Lipinski definition) is 1. The van der Waals surface area contributed by atoms with Crippen LogP contribution in [-0.4, -0.2) is 11.7 Å². The Labute approximate surface area is 281 Å². The van der Waals surface area contributed by atoms with Gasteiger partial charge in [-0.2, -0.15) is 0 Å². The number of nitrogens with one attached hydrogen (secondary N) is 1. The molecule has 1 amide bonds. The molecular weight excluding hydrogens is 574 g/mol. The predicted octanol–water partition coefficient (Wildman–Crippen LogP) is 10.6. The number of aryl methyl sites for hydroxylation is 3. The number of allylic oxidation sites excluding steroid dienone is 3. The number of carbonyl (C=O) groups is 2. The van der Waals surface area contributed by atoms with Crippen molar-refractivity contribution in [1.82, 2.24) is 5.32 Å². The molecule has 1 unspecified atom stereocenters. The van der Waals surface area contributed by atoms with Gasteiger partial charge in [0, 0.05) is 23.6 Å². The minimum Gasteiger partial charge on any atom is -0.326 e. The van der Waals surface area contributed by atoms with Gasteiger partial charge in [0.15, 0.2) is 5.78 Å². The minimum absolute atomic E-state index is 0.0320. The molecular formula is C44H49NO2. The van der Waals surface area contributed by atoms with Gasteiger partial charge in [0.25, 0.3) is 0 Å². The molecule has 0 heterocycles. The van der Waals surface area contributed by atoms with E-state index < -0.39 is 5.92 Å². The largest absolute Gasteiger partial charge is 0.326 e. The van der Waals surface area contributed by atoms with E-state index in [1.54, 1.807) is 0 Å². The number of rotatable bonds is 10. The highest BCUT2D eigenvalue weighted by molar-refractivity contribution is 5.96. The molecule has 0 saturated carbocycles. The van der Waals surface area contributed by atoms with Crippen LogP contribution in [0.5, 0.6) is 0 Å². The van der Waals surface area contributed by atoms with Crippen LogP contribution in [0.2, 0.25) is 0 Å². The number of ketones is 1. The maximum atomic E-state index is 14.0. The molecule has 0 fully saturated rings. The molecule has 0 bridgehead atoms. The Bertz CT molecular complexity index is 1760. The molecule has 0 aliphatic heterocycles. The molecule has 0 saturated heterocycles. The van der Waals surface area contributed by atoms with Crippen LogP contribution in [0.4, 0.5) is 0 Å². The minimum atomic E-state index is -0.391. The summed E-state index contributed by atoms with van der Waals surface area (Å²) in [6.45, 7) is 15.2. The van der Waals surface area contributed by atoms with Crippen molar-refractivity contribution in [3.63, 3.8) is 0 Å². The van der Waals surface area contributed by atoms with Gasteiger partial charge < -0.3 is 5.32 Å². The summed E-state index contributed by atoms with van der Waals surface area (Å²) in [5, 5.41) is 3.24. The average Bonchev–Trinajstić information content (AvgIpc) is 3.04. The second-order valence-electron chi connectivity index (χ2n) is 14.2. The lowest BCUT2D eigenvalue weighted by molar-refractivity contribution is -0.121. The van der Waals surface area contributed by atoms with Crippen molar-refractivity contribution in [2.75, 3.05) is 0 Å². The van der Waals surface area contributed by atoms with Gasteiger partial charge in [-0.15, -0.1) is 0 Å². The second-order valence-corrected chi connectivity index (χ2v) is 14.2. The van der Waals surface area contributed by atoms with E-state index in [1.165, 1.54) is 27.8 Å². The maximum absolute atomic E-state index is 14.0. The Morgan fingerprint density at radius 1 is 0.830 bits per heavy atom. The van der Waals surface area contributed by atoms with Crippen molar-refractivity contribution in [2.24, 2.45) is 0 Å². The molecule has 5 rings (SSSR count). The summed E-state index contributed by atoms with van der Waals surface area (Å²) < 4.78 is 0. The fourth-order valence-corrected chi connectivity index (χ4v) is 6.80. The topological polar surface area (TPSA) is 46.2 Å². The highest BCUT2D eigenvalue weighted by atomic mass is 16.2. The third kappa shape index (κ3) is 8.27. The van der Waals surface area contributed by atoms with E-state index in [0.29, 0.717) is 18.8 Å². The van der Waals surface area contributed by atoms with Gasteiger partial charge in [-0.1, -0.05) is 130 Å². The average molecular weight is 624 g/mol. The van der Waals surface area contributed by atoms with Crippen molar-refractivity contribution in [3.05, 3.63) is 153 Å². The molecule has 0 spiro atoms. The van der Waals surface area contributed by atoms with Gasteiger partial charge in [0.2, 0.25) is 5.91 Å². The second kappa shape index (κ2) is 14.5. The number of benzene rings is 4. The standard InChI is InChI=1S/C44H49NO2/c1-8-9-41(46)36-12-10-32(11-13-36)28-40(35-16-14-33(15-17-35)34-18-22-38(23-19-34)44(5,6)7)43(47)45-39-24-20-37(21-25-39)42-30(3)26-29(2)27-31(42)4/h10-20,22-27,37,40H,8-9,21,28H2,1-7H3,(H,45,47)/t37?,40-/m1/s1. The van der Waals surface area contributed by atoms with Gasteiger partial charge in [-0.05, 0) is 96.0 Å². The van der Waals surface area contributed by atoms with Crippen LogP contribution in [0, 0.1) is 20.8 Å². The first-order valence-electron chi connectivity index (χ1n) is 17.0. The molecule has 1 aliphatic rings. The van der Waals surface area contributed by atoms with E-state index in [0.717, 1.165) is 46.4 Å². The van der Waals surface area contributed by atoms with E-state index in [9.17, 15) is 9.59 Å². The Balaban J connectivity index is 1.37. The molecule has 47 heavy (non-hydrogen) atoms. The molecule has 0 aromatic heterocycles. The van der Waals surface area contributed by atoms with Gasteiger partial charge in [-0.25, -0.2) is 0 Å². The molecule has 0 radical (unpaired) electrons. The highest BCUT2D eigenvalue weighted by Crippen LogP contribution is 2.33. The van der Waals surface area contributed by atoms with Crippen LogP contribution in [-0.2, 0) is 16.6 Å². The van der Waals surface area contributed by atoms with Crippen LogP contribution in [0.25, 0.3) is 11.1 Å². The smallest absolute Gasteiger partial charge is 0.232 e. The van der Waals surface area contributed by atoms with Crippen molar-refractivity contribution in [1.29, 1.82) is 0 Å². The molecule has 3 heteroatoms. The lowest BCUT2D eigenvalue weighted by atomic mass is 9.85. The Hall–Kier alpha value is -4.50. The Kier molecular flexibility index (Phi) is 10.4. The summed E-state index contributed by atoms with van der Waals surface area (Å²) >= 11 is 0. The summed E-state index contributed by atoms with van der Waals surface area (Å²) in [4.78, 5) is 26.5. The molecule has 2 atom stereocenters. The van der Waals surface area contributed by atoms with Crippen molar-refractivity contribution in [2.45, 2.75) is 91.4 Å². The molecule has 4 aromatic rings. The highest BCUT2D eigenvalue weighted by Gasteiger charge is 2.24. The number of Topliss-reactive ketones (excluding diaryl/α,β-unsaturated/α-hetero) is 1. The van der Waals surface area contributed by atoms with Crippen LogP contribution < -0.4 is 5.32 Å². The van der Waals surface area contributed by atoms with Crippen LogP contribution in [0.1, 0.15) is 108 Å². The zero-order chi connectivity index (χ0) is 33.7. The molecule has 1 aliphatic carbocycles. The first-order chi connectivity index (χ1) is 22.4. The summed E-state index contributed by atoms with van der Waals surface area (Å²) in [6, 6.07) is 29.4. The van der Waals surface area contributed by atoms with Crippen molar-refractivity contribution in [3.8, 4) is 11.1 Å². The molecule has 3 nitrogen and oxygen atoms in total. The quantitative estimate of drug-likeness (QED) is 0.179. The normalized spacial score (nSPS) is 15.2. The van der Waals surface area contributed by atoms with E-state index in [2.05, 4.69) is 126 Å². The van der Waals surface area contributed by atoms with Crippen molar-refractivity contribution >= 4 is 11.7 Å². The van der Waals surface area contributed by atoms with Gasteiger partial charge in [-0.3, -0.25) is 9.59 Å². The fourth-order valence-electron chi connectivity index (χ4n) is 6.80. The maximum Gasteiger partial charge on any atom is 0.232 e. The summed E-state index contributed by atoms with van der Waals surface area (Å²) in [5.41, 5.74) is 12.5. The first-order valence-corrected chi connectivity index (χ1v) is 17.0. The zero-order valence-corrected chi connectivity index (χ0v) is 29.1. The lowest BCUT2D eigenvalue weighted by Crippen LogP contribution is -2.30. The summed E-state index contributed by atoms with van der Waals surface area (Å²) in [6.07, 6.45) is 9.18. The molecule has 1 N–H and O–H groups in total. The van der Waals surface area contributed by atoms with Gasteiger partial charge in [0.1, 0.15) is 0 Å². The van der Waals surface area contributed by atoms with Crippen LogP contribution >= 0.6 is 0 Å². The zero-order valence-electron chi connectivity index (χ0n) is 29.1. The Morgan fingerprint density at radius 3 is 1.96 bits per heavy atom. The van der Waals surface area contributed by atoms with Gasteiger partial charge in [0.05, 0.1) is 5.92 Å². The van der Waals surface area contributed by atoms with E-state index in [1.807, 2.05) is 31.2 Å². The lowest BCUT2D eigenvalue weighted by Gasteiger charge is -2.23. The molecule has 242 valence electrons. The third-order valence-corrected chi connectivity index (χ3v) is 9.38. The number of hydrogen-bond acceptors (Lipinski definition) is 2. The summed E-state index contributed by atoms with van der Waals surface area (Å²) in [5.74, 6) is 0.0318. The fraction of sp³-hybridized carbons (Fsp3) is 0.318. The first kappa shape index (κ1) is 33.9. The van der Waals surface area contributed by atoms with E-state index >= 15 is 0 Å². The van der Waals surface area contributed by atoms with E-state index in [4.69, 9.17) is 0 Å². The monoisotopic (exact) mass is 623 g/mol. The number of carbonyl (C=O) groups excluding carboxylic acids is 2. The van der Waals surface area contributed by atoms with Crippen molar-refractivity contribution < 1.29 is 9.59 Å². The molecule has 4 aromatic carbocycles. The SMILES string of the molecule is CCCC(=O)c1ccc(C[C@@H](C(=O)NC2=CCC(c3c(C)cc(C)cc3C)C=C2)c2ccc(-c3ccc(C(C)(C)C)cc3)cc2)cc1. The van der Waals surface area contributed by atoms with Crippen LogP contribution in [0.15, 0.2) is 109 Å². The van der Waals surface area contributed by atoms with Gasteiger partial charge >= 0.3 is 0 Å². The third-order valence-electron chi connectivity index (χ3n) is 9.38. The summed E-state index contributed by atoms with van der Waals surface area (Å²) in [7, 11) is 0. The van der Waals surface area contributed by atoms with E-state index in [-0.39, 0.29) is 17.1 Å². The number of amides is 1. The van der Waals surface area contributed by atoms with Crippen LogP contribution in [0.3, 0.4) is 0 Å².